The Labute approximate surface area is 148 Å². The quantitative estimate of drug-likeness (QED) is 0.772. The Morgan fingerprint density at radius 1 is 1.04 bits per heavy atom. The van der Waals surface area contributed by atoms with E-state index in [2.05, 4.69) is 10.2 Å². The van der Waals surface area contributed by atoms with Gasteiger partial charge in [-0.05, 0) is 52.0 Å². The Balaban J connectivity index is 2.09. The molecule has 0 saturated carbocycles. The topological polar surface area (TPSA) is 72.9 Å². The Morgan fingerprint density at radius 2 is 1.65 bits per heavy atom. The molecule has 0 aliphatic rings. The average Bonchev–Trinajstić information content (AvgIpc) is 3.11. The van der Waals surface area contributed by atoms with Crippen molar-refractivity contribution in [2.24, 2.45) is 0 Å². The van der Waals surface area contributed by atoms with E-state index >= 15 is 0 Å². The largest absolute Gasteiger partial charge is 0.476 e. The maximum Gasteiger partial charge on any atom is 0.356 e. The normalized spacial score (nSPS) is 11.8. The molecule has 3 aromatic rings. The van der Waals surface area contributed by atoms with Gasteiger partial charge in [0.15, 0.2) is 5.69 Å². The van der Waals surface area contributed by atoms with Gasteiger partial charge in [0.1, 0.15) is 17.3 Å². The van der Waals surface area contributed by atoms with Gasteiger partial charge in [0.2, 0.25) is 0 Å². The summed E-state index contributed by atoms with van der Waals surface area (Å²) in [5, 5.41) is 17.8. The summed E-state index contributed by atoms with van der Waals surface area (Å²) in [6, 6.07) is 6.49. The molecule has 0 aliphatic heterocycles. The van der Waals surface area contributed by atoms with Crippen LogP contribution in [-0.2, 0) is 5.66 Å². The fourth-order valence-electron chi connectivity index (χ4n) is 3.08. The molecule has 1 N–H and O–H groups in total. The number of aromatic nitrogens is 4. The number of carboxylic acid groups (broad SMARTS) is 1. The molecule has 0 unspecified atom stereocenters. The van der Waals surface area contributed by atoms with Crippen molar-refractivity contribution in [2.75, 3.05) is 0 Å². The van der Waals surface area contributed by atoms with Crippen LogP contribution in [0.15, 0.2) is 30.3 Å². The lowest BCUT2D eigenvalue weighted by Crippen LogP contribution is -2.38. The Morgan fingerprint density at radius 3 is 2.23 bits per heavy atom. The summed E-state index contributed by atoms with van der Waals surface area (Å²) in [5.74, 6) is -2.47. The molecule has 2 aromatic heterocycles. The zero-order chi connectivity index (χ0) is 19.2. The van der Waals surface area contributed by atoms with Crippen molar-refractivity contribution in [1.29, 1.82) is 0 Å². The molecule has 0 amide bonds. The summed E-state index contributed by atoms with van der Waals surface area (Å²) in [4.78, 5) is 11.2. The third kappa shape index (κ3) is 2.87. The third-order valence-corrected chi connectivity index (χ3v) is 4.24. The first-order chi connectivity index (χ1) is 12.1. The number of benzene rings is 1. The highest BCUT2D eigenvalue weighted by molar-refractivity contribution is 5.85. The summed E-state index contributed by atoms with van der Waals surface area (Å²) >= 11 is 0. The molecule has 26 heavy (non-hydrogen) atoms. The minimum Gasteiger partial charge on any atom is -0.476 e. The van der Waals surface area contributed by atoms with Gasteiger partial charge in [0.05, 0.1) is 5.69 Å². The van der Waals surface area contributed by atoms with Crippen molar-refractivity contribution in [3.63, 3.8) is 0 Å². The molecule has 0 fully saturated rings. The number of halogens is 2. The minimum absolute atomic E-state index is 0.0646. The molecule has 0 spiro atoms. The number of aromatic carboxylic acids is 1. The molecule has 8 heteroatoms. The second-order valence-electron chi connectivity index (χ2n) is 6.59. The van der Waals surface area contributed by atoms with Crippen LogP contribution in [-0.4, -0.2) is 30.6 Å². The van der Waals surface area contributed by atoms with Crippen LogP contribution >= 0.6 is 0 Å². The van der Waals surface area contributed by atoms with Crippen LogP contribution in [0, 0.1) is 25.5 Å². The highest BCUT2D eigenvalue weighted by Crippen LogP contribution is 2.28. The Kier molecular flexibility index (Phi) is 4.14. The van der Waals surface area contributed by atoms with Crippen molar-refractivity contribution in [2.45, 2.75) is 33.4 Å². The van der Waals surface area contributed by atoms with Crippen LogP contribution in [0.2, 0.25) is 0 Å². The van der Waals surface area contributed by atoms with E-state index in [0.29, 0.717) is 11.4 Å². The van der Waals surface area contributed by atoms with E-state index in [-0.39, 0.29) is 11.3 Å². The number of carboxylic acids is 1. The predicted octanol–water partition coefficient (Wildman–Crippen LogP) is 3.58. The van der Waals surface area contributed by atoms with Gasteiger partial charge < -0.3 is 5.11 Å². The van der Waals surface area contributed by atoms with Gasteiger partial charge >= 0.3 is 5.97 Å². The molecule has 0 radical (unpaired) electrons. The highest BCUT2D eigenvalue weighted by Gasteiger charge is 2.29. The highest BCUT2D eigenvalue weighted by atomic mass is 19.1. The smallest absolute Gasteiger partial charge is 0.356 e. The average molecular weight is 360 g/mol. The lowest BCUT2D eigenvalue weighted by atomic mass is 10.1. The van der Waals surface area contributed by atoms with E-state index in [4.69, 9.17) is 5.11 Å². The first-order valence-corrected chi connectivity index (χ1v) is 7.94. The first-order valence-electron chi connectivity index (χ1n) is 7.94. The van der Waals surface area contributed by atoms with Crippen LogP contribution in [0.25, 0.3) is 11.3 Å². The van der Waals surface area contributed by atoms with Crippen molar-refractivity contribution < 1.29 is 18.7 Å². The minimum atomic E-state index is -1.12. The van der Waals surface area contributed by atoms with E-state index in [9.17, 15) is 13.6 Å². The fraction of sp³-hybridized carbons (Fsp3) is 0.278. The zero-order valence-corrected chi connectivity index (χ0v) is 14.8. The lowest BCUT2D eigenvalue weighted by molar-refractivity contribution is 0.0687. The van der Waals surface area contributed by atoms with Gasteiger partial charge in [-0.15, -0.1) is 0 Å². The summed E-state index contributed by atoms with van der Waals surface area (Å²) in [6.45, 7) is 7.20. The maximum atomic E-state index is 14.1. The van der Waals surface area contributed by atoms with E-state index < -0.39 is 23.3 Å². The number of carbonyl (C=O) groups is 1. The molecule has 0 bridgehead atoms. The van der Waals surface area contributed by atoms with Gasteiger partial charge in [-0.1, -0.05) is 0 Å². The van der Waals surface area contributed by atoms with E-state index in [0.717, 1.165) is 11.8 Å². The molecular weight excluding hydrogens is 342 g/mol. The van der Waals surface area contributed by atoms with E-state index in [1.54, 1.807) is 29.3 Å². The first kappa shape index (κ1) is 17.8. The molecule has 0 atom stereocenters. The maximum absolute atomic E-state index is 14.1. The molecule has 0 aliphatic carbocycles. The van der Waals surface area contributed by atoms with Crippen LogP contribution in [0.4, 0.5) is 8.78 Å². The standard InChI is InChI=1S/C18H18F2N4O2/c1-10-7-15(13-6-5-12(19)9-14(13)20)21-23(10)18(3,4)24-11(2)8-16(22-24)17(25)26/h5-9H,1-4H3,(H,25,26). The molecule has 0 saturated heterocycles. The Hall–Kier alpha value is -3.03. The van der Waals surface area contributed by atoms with Crippen molar-refractivity contribution in [1.82, 2.24) is 19.6 Å². The molecule has 3 rings (SSSR count). The van der Waals surface area contributed by atoms with Crippen LogP contribution < -0.4 is 0 Å². The second-order valence-corrected chi connectivity index (χ2v) is 6.59. The monoisotopic (exact) mass is 360 g/mol. The van der Waals surface area contributed by atoms with Gasteiger partial charge in [0, 0.05) is 23.0 Å². The number of aryl methyl sites for hydroxylation is 2. The second kappa shape index (κ2) is 6.05. The molecule has 136 valence electrons. The number of rotatable bonds is 4. The summed E-state index contributed by atoms with van der Waals surface area (Å²) in [7, 11) is 0. The summed E-state index contributed by atoms with van der Waals surface area (Å²) in [6.07, 6.45) is 0. The number of hydrogen-bond acceptors (Lipinski definition) is 3. The molecule has 6 nitrogen and oxygen atoms in total. The molecular formula is C18H18F2N4O2. The van der Waals surface area contributed by atoms with Gasteiger partial charge in [-0.2, -0.15) is 10.2 Å². The third-order valence-electron chi connectivity index (χ3n) is 4.24. The molecule has 2 heterocycles. The SMILES string of the molecule is Cc1cc(C(=O)O)nn1C(C)(C)n1nc(-c2ccc(F)cc2F)cc1C. The lowest BCUT2D eigenvalue weighted by Gasteiger charge is -2.29. The van der Waals surface area contributed by atoms with Gasteiger partial charge in [-0.3, -0.25) is 0 Å². The molecule has 1 aromatic carbocycles. The Bertz CT molecular complexity index is 1000. The van der Waals surface area contributed by atoms with Crippen molar-refractivity contribution in [3.05, 3.63) is 59.0 Å². The summed E-state index contributed by atoms with van der Waals surface area (Å²) in [5.41, 5.74) is 1.02. The fourth-order valence-corrected chi connectivity index (χ4v) is 3.08. The van der Waals surface area contributed by atoms with E-state index in [1.807, 2.05) is 13.8 Å². The summed E-state index contributed by atoms with van der Waals surface area (Å²) < 4.78 is 30.4. The predicted molar refractivity (Wildman–Crippen MR) is 91.0 cm³/mol. The van der Waals surface area contributed by atoms with Crippen molar-refractivity contribution >= 4 is 5.97 Å². The van der Waals surface area contributed by atoms with Gasteiger partial charge in [0.25, 0.3) is 0 Å². The van der Waals surface area contributed by atoms with E-state index in [1.165, 1.54) is 18.2 Å². The van der Waals surface area contributed by atoms with Crippen LogP contribution in [0.1, 0.15) is 35.7 Å². The van der Waals surface area contributed by atoms with Crippen LogP contribution in [0.5, 0.6) is 0 Å². The number of nitrogens with zero attached hydrogens (tertiary/aromatic N) is 4. The van der Waals surface area contributed by atoms with Crippen molar-refractivity contribution in [3.8, 4) is 11.3 Å². The van der Waals surface area contributed by atoms with Gasteiger partial charge in [-0.25, -0.2) is 22.9 Å². The van der Waals surface area contributed by atoms with Crippen LogP contribution in [0.3, 0.4) is 0 Å². The zero-order valence-electron chi connectivity index (χ0n) is 14.8. The number of hydrogen-bond donors (Lipinski definition) is 1.